The first-order chi connectivity index (χ1) is 8.22. The molecule has 2 aromatic rings. The van der Waals surface area contributed by atoms with Gasteiger partial charge in [-0.2, -0.15) is 5.26 Å². The van der Waals surface area contributed by atoms with Crippen LogP contribution in [0, 0.1) is 11.3 Å². The number of hydrogen-bond donors (Lipinski definition) is 0. The third-order valence-electron chi connectivity index (χ3n) is 3.05. The molecule has 2 aromatic heterocycles. The standard InChI is InChI=1S/C12H13N5/c1-16(2)9-5-6-14-12-11(9)15-10(7-13)17(12)8-3-4-8/h5-6,8H,3-4H2,1-2H3. The van der Waals surface area contributed by atoms with Crippen molar-refractivity contribution in [1.29, 1.82) is 5.26 Å². The van der Waals surface area contributed by atoms with E-state index in [-0.39, 0.29) is 0 Å². The summed E-state index contributed by atoms with van der Waals surface area (Å²) in [5.41, 5.74) is 2.65. The molecule has 1 aliphatic rings. The highest BCUT2D eigenvalue weighted by molar-refractivity contribution is 5.86. The highest BCUT2D eigenvalue weighted by Gasteiger charge is 2.29. The fraction of sp³-hybridized carbons (Fsp3) is 0.417. The van der Waals surface area contributed by atoms with Crippen LogP contribution >= 0.6 is 0 Å². The van der Waals surface area contributed by atoms with Crippen LogP contribution in [0.1, 0.15) is 24.7 Å². The summed E-state index contributed by atoms with van der Waals surface area (Å²) >= 11 is 0. The molecule has 0 bridgehead atoms. The summed E-state index contributed by atoms with van der Waals surface area (Å²) in [6.45, 7) is 0. The van der Waals surface area contributed by atoms with Crippen molar-refractivity contribution in [3.63, 3.8) is 0 Å². The van der Waals surface area contributed by atoms with Gasteiger partial charge in [0, 0.05) is 26.3 Å². The zero-order valence-corrected chi connectivity index (χ0v) is 9.88. The van der Waals surface area contributed by atoms with E-state index >= 15 is 0 Å². The van der Waals surface area contributed by atoms with E-state index < -0.39 is 0 Å². The van der Waals surface area contributed by atoms with E-state index in [0.29, 0.717) is 11.9 Å². The van der Waals surface area contributed by atoms with Gasteiger partial charge in [0.1, 0.15) is 11.6 Å². The number of rotatable bonds is 2. The van der Waals surface area contributed by atoms with Crippen molar-refractivity contribution >= 4 is 16.9 Å². The Balaban J connectivity index is 2.33. The SMILES string of the molecule is CN(C)c1ccnc2c1nc(C#N)n2C1CC1. The minimum absolute atomic E-state index is 0.416. The highest BCUT2D eigenvalue weighted by atomic mass is 15.2. The minimum atomic E-state index is 0.416. The Morgan fingerprint density at radius 1 is 1.47 bits per heavy atom. The Morgan fingerprint density at radius 3 is 2.82 bits per heavy atom. The van der Waals surface area contributed by atoms with Gasteiger partial charge in [0.25, 0.3) is 0 Å². The van der Waals surface area contributed by atoms with Gasteiger partial charge in [0.05, 0.1) is 5.69 Å². The van der Waals surface area contributed by atoms with Crippen LogP contribution in [0.25, 0.3) is 11.2 Å². The maximum Gasteiger partial charge on any atom is 0.215 e. The van der Waals surface area contributed by atoms with Crippen LogP contribution in [0.2, 0.25) is 0 Å². The lowest BCUT2D eigenvalue weighted by Gasteiger charge is -2.12. The Labute approximate surface area is 99.3 Å². The van der Waals surface area contributed by atoms with Crippen LogP contribution < -0.4 is 4.90 Å². The molecule has 5 heteroatoms. The van der Waals surface area contributed by atoms with Gasteiger partial charge in [-0.1, -0.05) is 0 Å². The summed E-state index contributed by atoms with van der Waals surface area (Å²) in [7, 11) is 3.94. The lowest BCUT2D eigenvalue weighted by atomic mass is 10.3. The summed E-state index contributed by atoms with van der Waals surface area (Å²) in [6.07, 6.45) is 4.02. The number of hydrogen-bond acceptors (Lipinski definition) is 4. The van der Waals surface area contributed by atoms with E-state index in [0.717, 1.165) is 29.7 Å². The Hall–Kier alpha value is -2.09. The number of anilines is 1. The van der Waals surface area contributed by atoms with Gasteiger partial charge in [0.15, 0.2) is 5.65 Å². The van der Waals surface area contributed by atoms with Crippen molar-refractivity contribution in [2.75, 3.05) is 19.0 Å². The van der Waals surface area contributed by atoms with Crippen LogP contribution in [-0.2, 0) is 0 Å². The molecule has 1 fully saturated rings. The predicted molar refractivity (Wildman–Crippen MR) is 64.8 cm³/mol. The van der Waals surface area contributed by atoms with Gasteiger partial charge in [-0.05, 0) is 18.9 Å². The summed E-state index contributed by atoms with van der Waals surface area (Å²) < 4.78 is 1.97. The molecule has 0 saturated heterocycles. The van der Waals surface area contributed by atoms with E-state index in [9.17, 15) is 0 Å². The summed E-state index contributed by atoms with van der Waals surface area (Å²) in [4.78, 5) is 10.8. The largest absolute Gasteiger partial charge is 0.376 e. The van der Waals surface area contributed by atoms with Crippen LogP contribution in [-0.4, -0.2) is 28.6 Å². The number of nitriles is 1. The molecule has 0 radical (unpaired) electrons. The average molecular weight is 227 g/mol. The van der Waals surface area contributed by atoms with E-state index in [4.69, 9.17) is 5.26 Å². The van der Waals surface area contributed by atoms with Crippen LogP contribution in [0.3, 0.4) is 0 Å². The van der Waals surface area contributed by atoms with E-state index in [1.54, 1.807) is 6.20 Å². The molecule has 86 valence electrons. The normalized spacial score (nSPS) is 14.9. The average Bonchev–Trinajstić information content (AvgIpc) is 3.08. The maximum absolute atomic E-state index is 9.15. The molecule has 5 nitrogen and oxygen atoms in total. The Bertz CT molecular complexity index is 616. The van der Waals surface area contributed by atoms with Crippen LogP contribution in [0.4, 0.5) is 5.69 Å². The van der Waals surface area contributed by atoms with Gasteiger partial charge in [-0.25, -0.2) is 9.97 Å². The molecule has 2 heterocycles. The molecule has 0 spiro atoms. The number of pyridine rings is 1. The zero-order chi connectivity index (χ0) is 12.0. The van der Waals surface area contributed by atoms with Crippen molar-refractivity contribution in [1.82, 2.24) is 14.5 Å². The monoisotopic (exact) mass is 227 g/mol. The predicted octanol–water partition coefficient (Wildman–Crippen LogP) is 1.70. The molecule has 3 rings (SSSR count). The fourth-order valence-corrected chi connectivity index (χ4v) is 2.10. The van der Waals surface area contributed by atoms with Gasteiger partial charge in [0.2, 0.25) is 5.82 Å². The van der Waals surface area contributed by atoms with E-state index in [1.807, 2.05) is 29.6 Å². The third kappa shape index (κ3) is 1.45. The third-order valence-corrected chi connectivity index (χ3v) is 3.05. The molecule has 0 amide bonds. The van der Waals surface area contributed by atoms with E-state index in [1.165, 1.54) is 0 Å². The van der Waals surface area contributed by atoms with Crippen molar-refractivity contribution < 1.29 is 0 Å². The summed E-state index contributed by atoms with van der Waals surface area (Å²) in [5.74, 6) is 0.476. The topological polar surface area (TPSA) is 57.7 Å². The quantitative estimate of drug-likeness (QED) is 0.783. The smallest absolute Gasteiger partial charge is 0.215 e. The summed E-state index contributed by atoms with van der Waals surface area (Å²) in [6, 6.07) is 4.51. The Morgan fingerprint density at radius 2 is 2.24 bits per heavy atom. The van der Waals surface area contributed by atoms with Gasteiger partial charge < -0.3 is 4.90 Å². The first-order valence-electron chi connectivity index (χ1n) is 5.66. The highest BCUT2D eigenvalue weighted by Crippen LogP contribution is 2.39. The second-order valence-corrected chi connectivity index (χ2v) is 4.55. The molecule has 1 aliphatic carbocycles. The van der Waals surface area contributed by atoms with Gasteiger partial charge in [-0.3, -0.25) is 4.57 Å². The van der Waals surface area contributed by atoms with Crippen LogP contribution in [0.5, 0.6) is 0 Å². The summed E-state index contributed by atoms with van der Waals surface area (Å²) in [5, 5.41) is 9.15. The zero-order valence-electron chi connectivity index (χ0n) is 9.88. The molecular formula is C12H13N5. The fourth-order valence-electron chi connectivity index (χ4n) is 2.10. The minimum Gasteiger partial charge on any atom is -0.376 e. The van der Waals surface area contributed by atoms with Crippen molar-refractivity contribution in [3.8, 4) is 6.07 Å². The Kier molecular flexibility index (Phi) is 2.05. The molecule has 0 aromatic carbocycles. The first kappa shape index (κ1) is 10.1. The lowest BCUT2D eigenvalue weighted by Crippen LogP contribution is -2.09. The second-order valence-electron chi connectivity index (χ2n) is 4.55. The van der Waals surface area contributed by atoms with Crippen molar-refractivity contribution in [3.05, 3.63) is 18.1 Å². The van der Waals surface area contributed by atoms with E-state index in [2.05, 4.69) is 16.0 Å². The van der Waals surface area contributed by atoms with Crippen molar-refractivity contribution in [2.45, 2.75) is 18.9 Å². The number of imidazole rings is 1. The molecule has 0 N–H and O–H groups in total. The number of nitrogens with zero attached hydrogens (tertiary/aromatic N) is 5. The van der Waals surface area contributed by atoms with Gasteiger partial charge >= 0.3 is 0 Å². The van der Waals surface area contributed by atoms with Crippen molar-refractivity contribution in [2.24, 2.45) is 0 Å². The molecule has 0 unspecified atom stereocenters. The molecule has 0 aliphatic heterocycles. The number of fused-ring (bicyclic) bond motifs is 1. The maximum atomic E-state index is 9.15. The molecular weight excluding hydrogens is 214 g/mol. The molecule has 0 atom stereocenters. The first-order valence-corrected chi connectivity index (χ1v) is 5.66. The molecule has 1 saturated carbocycles. The lowest BCUT2D eigenvalue weighted by molar-refractivity contribution is 0.744. The molecule has 17 heavy (non-hydrogen) atoms. The van der Waals surface area contributed by atoms with Gasteiger partial charge in [-0.15, -0.1) is 0 Å². The second kappa shape index (κ2) is 3.45. The number of aromatic nitrogens is 3. The van der Waals surface area contributed by atoms with Crippen LogP contribution in [0.15, 0.2) is 12.3 Å².